The Bertz CT molecular complexity index is 819. The van der Waals surface area contributed by atoms with Gasteiger partial charge in [-0.3, -0.25) is 0 Å². The number of nitrogens with zero attached hydrogens (tertiary/aromatic N) is 1. The maximum absolute atomic E-state index is 9.82. The molecule has 3 unspecified atom stereocenters. The molecule has 1 aliphatic carbocycles. The summed E-state index contributed by atoms with van der Waals surface area (Å²) in [4.78, 5) is 0. The summed E-state index contributed by atoms with van der Waals surface area (Å²) in [6.45, 7) is 4.44. The van der Waals surface area contributed by atoms with Crippen molar-refractivity contribution in [1.82, 2.24) is 0 Å². The van der Waals surface area contributed by atoms with Gasteiger partial charge >= 0.3 is 0 Å². The minimum absolute atomic E-state index is 0.101. The number of nitriles is 1. The highest BCUT2D eigenvalue weighted by atomic mass is 79.9. The van der Waals surface area contributed by atoms with E-state index in [1.807, 2.05) is 54.6 Å². The molecule has 0 aromatic heterocycles. The van der Waals surface area contributed by atoms with Gasteiger partial charge in [-0.15, -0.1) is 0 Å². The second-order valence-electron chi connectivity index (χ2n) is 6.92. The highest BCUT2D eigenvalue weighted by Crippen LogP contribution is 2.65. The third kappa shape index (κ3) is 3.99. The summed E-state index contributed by atoms with van der Waals surface area (Å²) < 4.78 is 6.86. The van der Waals surface area contributed by atoms with Gasteiger partial charge in [-0.1, -0.05) is 50.3 Å². The molecule has 4 heteroatoms. The van der Waals surface area contributed by atoms with Crippen LogP contribution in [-0.4, -0.2) is 0 Å². The summed E-state index contributed by atoms with van der Waals surface area (Å²) in [6, 6.07) is 20.1. The Labute approximate surface area is 165 Å². The number of halogens is 2. The van der Waals surface area contributed by atoms with Crippen LogP contribution < -0.4 is 4.74 Å². The fourth-order valence-corrected chi connectivity index (χ4v) is 4.14. The molecule has 0 heterocycles. The maximum atomic E-state index is 9.82. The normalized spacial score (nSPS) is 21.7. The van der Waals surface area contributed by atoms with Crippen molar-refractivity contribution in [3.05, 3.63) is 69.6 Å². The first-order chi connectivity index (χ1) is 11.9. The summed E-state index contributed by atoms with van der Waals surface area (Å²) in [5, 5.41) is 9.82. The van der Waals surface area contributed by atoms with Crippen LogP contribution in [0, 0.1) is 28.6 Å². The van der Waals surface area contributed by atoms with Crippen LogP contribution in [0.25, 0.3) is 0 Å². The van der Waals surface area contributed by atoms with Gasteiger partial charge in [-0.25, -0.2) is 0 Å². The Morgan fingerprint density at radius 2 is 1.80 bits per heavy atom. The van der Waals surface area contributed by atoms with Crippen molar-refractivity contribution in [3.8, 4) is 17.6 Å². The molecule has 2 aromatic carbocycles. The van der Waals surface area contributed by atoms with Crippen molar-refractivity contribution in [2.75, 3.05) is 0 Å². The van der Waals surface area contributed by atoms with E-state index in [0.29, 0.717) is 5.92 Å². The Morgan fingerprint density at radius 1 is 1.12 bits per heavy atom. The molecule has 0 amide bonds. The molecule has 0 aliphatic heterocycles. The Balaban J connectivity index is 1.84. The number of hydrogen-bond acceptors (Lipinski definition) is 2. The molecule has 0 bridgehead atoms. The fraction of sp³-hybridized carbons (Fsp3) is 0.286. The molecule has 2 aromatic rings. The average molecular weight is 461 g/mol. The van der Waals surface area contributed by atoms with Gasteiger partial charge in [-0.2, -0.15) is 5.26 Å². The molecule has 1 aliphatic rings. The second-order valence-corrected chi connectivity index (χ2v) is 9.70. The average Bonchev–Trinajstić information content (AvgIpc) is 3.09. The van der Waals surface area contributed by atoms with Crippen LogP contribution in [0.5, 0.6) is 11.5 Å². The first-order valence-corrected chi connectivity index (χ1v) is 9.77. The predicted molar refractivity (Wildman–Crippen MR) is 108 cm³/mol. The largest absolute Gasteiger partial charge is 0.457 e. The van der Waals surface area contributed by atoms with E-state index in [2.05, 4.69) is 57.9 Å². The van der Waals surface area contributed by atoms with Crippen LogP contribution in [0.2, 0.25) is 0 Å². The van der Waals surface area contributed by atoms with Gasteiger partial charge in [0.2, 0.25) is 0 Å². The molecule has 128 valence electrons. The maximum Gasteiger partial charge on any atom is 0.127 e. The van der Waals surface area contributed by atoms with E-state index in [1.165, 1.54) is 0 Å². The third-order valence-electron chi connectivity index (χ3n) is 5.00. The van der Waals surface area contributed by atoms with Crippen molar-refractivity contribution >= 4 is 31.9 Å². The Kier molecular flexibility index (Phi) is 5.36. The highest BCUT2D eigenvalue weighted by molar-refractivity contribution is 9.28. The molecule has 3 atom stereocenters. The zero-order valence-electron chi connectivity index (χ0n) is 14.1. The van der Waals surface area contributed by atoms with E-state index in [0.717, 1.165) is 20.5 Å². The molecular weight excluding hydrogens is 442 g/mol. The van der Waals surface area contributed by atoms with Crippen LogP contribution in [0.4, 0.5) is 0 Å². The standard InChI is InChI=1S/C21H19Br2NO/c1-21(2)18(12-19(22)23)20(21)17(13-24)14-7-6-10-16(11-14)25-15-8-4-3-5-9-15/h3-12,17-18,20H,1-2H3. The van der Waals surface area contributed by atoms with Gasteiger partial charge in [0.25, 0.3) is 0 Å². The summed E-state index contributed by atoms with van der Waals surface area (Å²) in [7, 11) is 0. The number of rotatable bonds is 5. The number of hydrogen-bond donors (Lipinski definition) is 0. The van der Waals surface area contributed by atoms with E-state index < -0.39 is 0 Å². The summed E-state index contributed by atoms with van der Waals surface area (Å²) >= 11 is 6.89. The van der Waals surface area contributed by atoms with Crippen molar-refractivity contribution in [2.24, 2.45) is 17.3 Å². The first kappa shape index (κ1) is 18.2. The van der Waals surface area contributed by atoms with Gasteiger partial charge < -0.3 is 4.74 Å². The second kappa shape index (κ2) is 7.35. The summed E-state index contributed by atoms with van der Waals surface area (Å²) in [5.74, 6) is 2.05. The molecule has 0 saturated heterocycles. The van der Waals surface area contributed by atoms with Gasteiger partial charge in [-0.05, 0) is 78.9 Å². The van der Waals surface area contributed by atoms with Crippen LogP contribution in [0.15, 0.2) is 64.1 Å². The summed E-state index contributed by atoms with van der Waals surface area (Å²) in [5.41, 5.74) is 1.11. The molecule has 1 fully saturated rings. The zero-order chi connectivity index (χ0) is 18.0. The number of allylic oxidation sites excluding steroid dienone is 1. The van der Waals surface area contributed by atoms with E-state index in [9.17, 15) is 5.26 Å². The molecule has 0 radical (unpaired) electrons. The van der Waals surface area contributed by atoms with Crippen LogP contribution in [0.1, 0.15) is 25.3 Å². The van der Waals surface area contributed by atoms with Crippen LogP contribution in [0.3, 0.4) is 0 Å². The summed E-state index contributed by atoms with van der Waals surface area (Å²) in [6.07, 6.45) is 2.15. The predicted octanol–water partition coefficient (Wildman–Crippen LogP) is 6.99. The Hall–Kier alpha value is -1.57. The first-order valence-electron chi connectivity index (χ1n) is 8.19. The molecule has 1 saturated carbocycles. The van der Waals surface area contributed by atoms with Crippen molar-refractivity contribution in [3.63, 3.8) is 0 Å². The fourth-order valence-electron chi connectivity index (χ4n) is 3.57. The number of ether oxygens (including phenoxy) is 1. The van der Waals surface area contributed by atoms with Gasteiger partial charge in [0.1, 0.15) is 11.5 Å². The topological polar surface area (TPSA) is 33.0 Å². The zero-order valence-corrected chi connectivity index (χ0v) is 17.3. The minimum Gasteiger partial charge on any atom is -0.457 e. The molecule has 3 rings (SSSR count). The van der Waals surface area contributed by atoms with Crippen molar-refractivity contribution in [1.29, 1.82) is 5.26 Å². The van der Waals surface area contributed by atoms with Crippen molar-refractivity contribution in [2.45, 2.75) is 19.8 Å². The quantitative estimate of drug-likeness (QED) is 0.481. The molecular formula is C21H19Br2NO. The van der Waals surface area contributed by atoms with Crippen LogP contribution in [-0.2, 0) is 0 Å². The monoisotopic (exact) mass is 459 g/mol. The minimum atomic E-state index is -0.157. The lowest BCUT2D eigenvalue weighted by atomic mass is 9.91. The SMILES string of the molecule is CC1(C)C(C=C(Br)Br)C1C(C#N)c1cccc(Oc2ccccc2)c1. The molecule has 2 nitrogen and oxygen atoms in total. The van der Waals surface area contributed by atoms with Gasteiger partial charge in [0.05, 0.1) is 15.4 Å². The lowest BCUT2D eigenvalue weighted by Crippen LogP contribution is -2.03. The van der Waals surface area contributed by atoms with E-state index in [1.54, 1.807) is 0 Å². The number of para-hydroxylation sites is 1. The number of benzene rings is 2. The molecule has 0 N–H and O–H groups in total. The Morgan fingerprint density at radius 3 is 2.44 bits per heavy atom. The lowest BCUT2D eigenvalue weighted by Gasteiger charge is -2.13. The van der Waals surface area contributed by atoms with Crippen LogP contribution >= 0.6 is 31.9 Å². The smallest absolute Gasteiger partial charge is 0.127 e. The molecule has 0 spiro atoms. The third-order valence-corrected chi connectivity index (χ3v) is 5.52. The van der Waals surface area contributed by atoms with E-state index in [4.69, 9.17) is 4.74 Å². The molecule has 25 heavy (non-hydrogen) atoms. The van der Waals surface area contributed by atoms with E-state index in [-0.39, 0.29) is 17.3 Å². The van der Waals surface area contributed by atoms with Gasteiger partial charge in [0.15, 0.2) is 0 Å². The van der Waals surface area contributed by atoms with Gasteiger partial charge in [0, 0.05) is 0 Å². The van der Waals surface area contributed by atoms with E-state index >= 15 is 0 Å². The highest BCUT2D eigenvalue weighted by Gasteiger charge is 2.60. The lowest BCUT2D eigenvalue weighted by molar-refractivity contribution is 0.479. The van der Waals surface area contributed by atoms with Crippen molar-refractivity contribution < 1.29 is 4.74 Å².